The van der Waals surface area contributed by atoms with Crippen LogP contribution in [0.4, 0.5) is 5.69 Å². The van der Waals surface area contributed by atoms with Crippen LogP contribution in [0.5, 0.6) is 0 Å². The van der Waals surface area contributed by atoms with Crippen LogP contribution in [-0.4, -0.2) is 22.6 Å². The van der Waals surface area contributed by atoms with Crippen molar-refractivity contribution in [2.24, 2.45) is 5.10 Å². The fraction of sp³-hybridized carbons (Fsp3) is 0.0500. The molecular weight excluding hydrogens is 408 g/mol. The number of carbonyl (C=O) groups is 2. The zero-order valence-corrected chi connectivity index (χ0v) is 16.1. The average Bonchev–Trinajstić information content (AvgIpc) is 3.11. The molecule has 0 unspecified atom stereocenters. The highest BCUT2D eigenvalue weighted by molar-refractivity contribution is 9.10. The summed E-state index contributed by atoms with van der Waals surface area (Å²) in [6.07, 6.45) is 3.51. The van der Waals surface area contributed by atoms with Gasteiger partial charge >= 0.3 is 0 Å². The number of benzene rings is 2. The van der Waals surface area contributed by atoms with Crippen molar-refractivity contribution in [3.05, 3.63) is 82.6 Å². The molecule has 6 nitrogen and oxygen atoms in total. The monoisotopic (exact) mass is 424 g/mol. The number of anilines is 1. The molecule has 1 heterocycles. The molecule has 7 heteroatoms. The van der Waals surface area contributed by atoms with Gasteiger partial charge in [0.15, 0.2) is 0 Å². The molecule has 2 N–H and O–H groups in total. The number of nitrogens with one attached hydrogen (secondary N) is 2. The van der Waals surface area contributed by atoms with Crippen molar-refractivity contribution in [1.82, 2.24) is 9.99 Å². The first-order valence-electron chi connectivity index (χ1n) is 8.17. The predicted molar refractivity (Wildman–Crippen MR) is 109 cm³/mol. The quantitative estimate of drug-likeness (QED) is 0.480. The number of carbonyl (C=O) groups excluding carboxylic acids is 2. The van der Waals surface area contributed by atoms with Gasteiger partial charge in [0.05, 0.1) is 11.9 Å². The van der Waals surface area contributed by atoms with Crippen LogP contribution in [0, 0.1) is 0 Å². The van der Waals surface area contributed by atoms with Crippen LogP contribution in [-0.2, 0) is 4.79 Å². The highest BCUT2D eigenvalue weighted by Gasteiger charge is 2.05. The Kier molecular flexibility index (Phi) is 5.83. The van der Waals surface area contributed by atoms with Gasteiger partial charge in [-0.05, 0) is 60.7 Å². The molecule has 0 radical (unpaired) electrons. The maximum atomic E-state index is 12.2. The van der Waals surface area contributed by atoms with Gasteiger partial charge in [0.25, 0.3) is 5.91 Å². The van der Waals surface area contributed by atoms with E-state index in [-0.39, 0.29) is 11.8 Å². The Balaban J connectivity index is 1.66. The Labute approximate surface area is 165 Å². The standard InChI is InChI=1S/C20H17BrN4O2/c1-14(26)23-17-8-4-15(5-9-17)20(27)24-22-13-19-3-2-12-25(19)18-10-6-16(21)7-11-18/h2-13H,1H3,(H,23,26)(H,24,27). The van der Waals surface area contributed by atoms with Gasteiger partial charge in [0, 0.05) is 34.5 Å². The lowest BCUT2D eigenvalue weighted by Crippen LogP contribution is -2.18. The first-order valence-corrected chi connectivity index (χ1v) is 8.96. The summed E-state index contributed by atoms with van der Waals surface area (Å²) in [6, 6.07) is 18.3. The number of aromatic nitrogens is 1. The van der Waals surface area contributed by atoms with Gasteiger partial charge in [-0.15, -0.1) is 0 Å². The third-order valence-electron chi connectivity index (χ3n) is 3.72. The molecule has 0 aliphatic carbocycles. The molecule has 2 amide bonds. The molecule has 0 atom stereocenters. The smallest absolute Gasteiger partial charge is 0.271 e. The fourth-order valence-corrected chi connectivity index (χ4v) is 2.73. The van der Waals surface area contributed by atoms with Crippen molar-refractivity contribution in [2.75, 3.05) is 5.32 Å². The van der Waals surface area contributed by atoms with E-state index in [1.54, 1.807) is 30.5 Å². The van der Waals surface area contributed by atoms with Crippen LogP contribution in [0.25, 0.3) is 5.69 Å². The van der Waals surface area contributed by atoms with E-state index in [0.29, 0.717) is 11.3 Å². The molecule has 2 aromatic carbocycles. The van der Waals surface area contributed by atoms with Crippen LogP contribution in [0.3, 0.4) is 0 Å². The number of hydrazone groups is 1. The van der Waals surface area contributed by atoms with Crippen molar-refractivity contribution >= 4 is 39.6 Å². The molecular formula is C20H17BrN4O2. The Morgan fingerprint density at radius 1 is 1.04 bits per heavy atom. The number of rotatable bonds is 5. The summed E-state index contributed by atoms with van der Waals surface area (Å²) in [5, 5.41) is 6.69. The molecule has 0 saturated carbocycles. The molecule has 0 bridgehead atoms. The SMILES string of the molecule is CC(=O)Nc1ccc(C(=O)NN=Cc2cccn2-c2ccc(Br)cc2)cc1. The molecule has 0 fully saturated rings. The Morgan fingerprint density at radius 2 is 1.74 bits per heavy atom. The Bertz CT molecular complexity index is 976. The minimum atomic E-state index is -0.331. The lowest BCUT2D eigenvalue weighted by Gasteiger charge is -2.06. The second-order valence-electron chi connectivity index (χ2n) is 5.74. The minimum Gasteiger partial charge on any atom is -0.326 e. The van der Waals surface area contributed by atoms with E-state index >= 15 is 0 Å². The van der Waals surface area contributed by atoms with Gasteiger partial charge in [-0.25, -0.2) is 5.43 Å². The molecule has 136 valence electrons. The van der Waals surface area contributed by atoms with E-state index in [2.05, 4.69) is 31.8 Å². The summed E-state index contributed by atoms with van der Waals surface area (Å²) < 4.78 is 2.97. The van der Waals surface area contributed by atoms with Crippen molar-refractivity contribution in [3.63, 3.8) is 0 Å². The van der Waals surface area contributed by atoms with Crippen molar-refractivity contribution in [2.45, 2.75) is 6.92 Å². The van der Waals surface area contributed by atoms with Gasteiger partial charge in [0.1, 0.15) is 0 Å². The molecule has 0 saturated heterocycles. The van der Waals surface area contributed by atoms with E-state index in [1.807, 2.05) is 47.2 Å². The van der Waals surface area contributed by atoms with Gasteiger partial charge < -0.3 is 9.88 Å². The average molecular weight is 425 g/mol. The van der Waals surface area contributed by atoms with Gasteiger partial charge in [-0.3, -0.25) is 9.59 Å². The third kappa shape index (κ3) is 4.92. The van der Waals surface area contributed by atoms with Crippen molar-refractivity contribution in [1.29, 1.82) is 0 Å². The molecule has 1 aromatic heterocycles. The molecule has 0 aliphatic heterocycles. The topological polar surface area (TPSA) is 75.5 Å². The Morgan fingerprint density at radius 3 is 2.41 bits per heavy atom. The summed E-state index contributed by atoms with van der Waals surface area (Å²) in [5.74, 6) is -0.493. The molecule has 3 rings (SSSR count). The zero-order valence-electron chi connectivity index (χ0n) is 14.5. The largest absolute Gasteiger partial charge is 0.326 e. The molecule has 3 aromatic rings. The second-order valence-corrected chi connectivity index (χ2v) is 6.65. The number of nitrogens with zero attached hydrogens (tertiary/aromatic N) is 2. The van der Waals surface area contributed by atoms with Gasteiger partial charge in [0.2, 0.25) is 5.91 Å². The fourth-order valence-electron chi connectivity index (χ4n) is 2.47. The van der Waals surface area contributed by atoms with Crippen LogP contribution in [0.1, 0.15) is 23.0 Å². The highest BCUT2D eigenvalue weighted by Crippen LogP contribution is 2.16. The molecule has 0 aliphatic rings. The van der Waals surface area contributed by atoms with Crippen molar-refractivity contribution in [3.8, 4) is 5.69 Å². The molecule has 27 heavy (non-hydrogen) atoms. The second kappa shape index (κ2) is 8.46. The van der Waals surface area contributed by atoms with E-state index in [1.165, 1.54) is 6.92 Å². The van der Waals surface area contributed by atoms with Crippen molar-refractivity contribution < 1.29 is 9.59 Å². The number of hydrogen-bond acceptors (Lipinski definition) is 3. The number of halogens is 1. The van der Waals surface area contributed by atoms with E-state index < -0.39 is 0 Å². The lowest BCUT2D eigenvalue weighted by molar-refractivity contribution is -0.114. The van der Waals surface area contributed by atoms with E-state index in [4.69, 9.17) is 0 Å². The number of amides is 2. The first-order chi connectivity index (χ1) is 13.0. The lowest BCUT2D eigenvalue weighted by atomic mass is 10.2. The van der Waals surface area contributed by atoms with Crippen LogP contribution in [0.15, 0.2) is 76.4 Å². The number of hydrogen-bond donors (Lipinski definition) is 2. The highest BCUT2D eigenvalue weighted by atomic mass is 79.9. The normalized spacial score (nSPS) is 10.7. The molecule has 0 spiro atoms. The first kappa shape index (κ1) is 18.6. The van der Waals surface area contributed by atoms with Gasteiger partial charge in [-0.1, -0.05) is 15.9 Å². The predicted octanol–water partition coefficient (Wildman–Crippen LogP) is 3.96. The summed E-state index contributed by atoms with van der Waals surface area (Å²) >= 11 is 3.42. The van der Waals surface area contributed by atoms with E-state index in [9.17, 15) is 9.59 Å². The summed E-state index contributed by atoms with van der Waals surface area (Å²) in [6.45, 7) is 1.43. The summed E-state index contributed by atoms with van der Waals surface area (Å²) in [5.41, 5.74) is 5.41. The minimum absolute atomic E-state index is 0.162. The summed E-state index contributed by atoms with van der Waals surface area (Å²) in [4.78, 5) is 23.2. The van der Waals surface area contributed by atoms with Crippen LogP contribution >= 0.6 is 15.9 Å². The summed E-state index contributed by atoms with van der Waals surface area (Å²) in [7, 11) is 0. The maximum absolute atomic E-state index is 12.2. The third-order valence-corrected chi connectivity index (χ3v) is 4.24. The van der Waals surface area contributed by atoms with Crippen LogP contribution in [0.2, 0.25) is 0 Å². The van der Waals surface area contributed by atoms with Gasteiger partial charge in [-0.2, -0.15) is 5.10 Å². The maximum Gasteiger partial charge on any atom is 0.271 e. The van der Waals surface area contributed by atoms with Crippen LogP contribution < -0.4 is 10.7 Å². The Hall–Kier alpha value is -3.19. The van der Waals surface area contributed by atoms with E-state index in [0.717, 1.165) is 15.9 Å². The zero-order chi connectivity index (χ0) is 19.2.